The van der Waals surface area contributed by atoms with E-state index in [0.29, 0.717) is 24.3 Å². The van der Waals surface area contributed by atoms with Crippen LogP contribution >= 0.6 is 0 Å². The van der Waals surface area contributed by atoms with E-state index in [1.807, 2.05) is 47.7 Å². The van der Waals surface area contributed by atoms with E-state index in [9.17, 15) is 10.1 Å². The van der Waals surface area contributed by atoms with Crippen LogP contribution in [0.5, 0.6) is 0 Å². The monoisotopic (exact) mass is 398 g/mol. The number of para-hydroxylation sites is 1. The van der Waals surface area contributed by atoms with Gasteiger partial charge >= 0.3 is 0 Å². The number of amides is 1. The third-order valence-electron chi connectivity index (χ3n) is 5.84. The van der Waals surface area contributed by atoms with Crippen LogP contribution in [0.2, 0.25) is 0 Å². The molecule has 3 aromatic rings. The zero-order valence-corrected chi connectivity index (χ0v) is 17.7. The fraction of sp³-hybridized carbons (Fsp3) is 0.280. The van der Waals surface area contributed by atoms with Gasteiger partial charge in [-0.15, -0.1) is 0 Å². The first kappa shape index (κ1) is 19.8. The third kappa shape index (κ3) is 3.57. The number of anilines is 1. The molecular weight excluding hydrogens is 372 g/mol. The summed E-state index contributed by atoms with van der Waals surface area (Å²) < 4.78 is 1.86. The zero-order valence-electron chi connectivity index (χ0n) is 17.7. The molecule has 1 aromatic heterocycles. The highest BCUT2D eigenvalue weighted by molar-refractivity contribution is 5.96. The maximum absolute atomic E-state index is 13.5. The highest BCUT2D eigenvalue weighted by Gasteiger charge is 2.27. The van der Waals surface area contributed by atoms with Gasteiger partial charge in [-0.2, -0.15) is 5.26 Å². The van der Waals surface area contributed by atoms with Crippen molar-refractivity contribution < 1.29 is 4.79 Å². The summed E-state index contributed by atoms with van der Waals surface area (Å²) in [7, 11) is 0. The summed E-state index contributed by atoms with van der Waals surface area (Å²) in [5, 5.41) is 9.62. The number of aryl methyl sites for hydroxylation is 3. The highest BCUT2D eigenvalue weighted by Crippen LogP contribution is 2.25. The van der Waals surface area contributed by atoms with E-state index >= 15 is 0 Å². The second-order valence-electron chi connectivity index (χ2n) is 7.92. The Balaban J connectivity index is 1.59. The molecule has 4 rings (SSSR count). The summed E-state index contributed by atoms with van der Waals surface area (Å²) in [4.78, 5) is 17.7. The molecule has 2 heterocycles. The second-order valence-corrected chi connectivity index (χ2v) is 7.92. The number of nitriles is 1. The largest absolute Gasteiger partial charge is 0.368 e. The lowest BCUT2D eigenvalue weighted by Crippen LogP contribution is -2.49. The first-order chi connectivity index (χ1) is 14.5. The fourth-order valence-electron chi connectivity index (χ4n) is 4.24. The van der Waals surface area contributed by atoms with E-state index in [2.05, 4.69) is 42.2 Å². The van der Waals surface area contributed by atoms with Crippen LogP contribution in [0.3, 0.4) is 0 Å². The van der Waals surface area contributed by atoms with Gasteiger partial charge in [-0.1, -0.05) is 35.9 Å². The molecule has 30 heavy (non-hydrogen) atoms. The molecule has 0 radical (unpaired) electrons. The number of piperazine rings is 1. The SMILES string of the molecule is Cc1ccc(-n2ccc(C#N)c2C(=O)N2CCN(c3ccccc3C)CC2)c(C)c1. The van der Waals surface area contributed by atoms with Crippen LogP contribution in [0.1, 0.15) is 32.7 Å². The summed E-state index contributed by atoms with van der Waals surface area (Å²) in [5.41, 5.74) is 6.52. The molecule has 152 valence electrons. The summed E-state index contributed by atoms with van der Waals surface area (Å²) in [6, 6.07) is 18.4. The number of nitrogens with zero attached hydrogens (tertiary/aromatic N) is 4. The summed E-state index contributed by atoms with van der Waals surface area (Å²) >= 11 is 0. The van der Waals surface area contributed by atoms with Crippen LogP contribution in [0.15, 0.2) is 54.7 Å². The lowest BCUT2D eigenvalue weighted by molar-refractivity contribution is 0.0738. The van der Waals surface area contributed by atoms with Gasteiger partial charge < -0.3 is 14.4 Å². The Morgan fingerprint density at radius 2 is 1.63 bits per heavy atom. The molecule has 0 unspecified atom stereocenters. The number of carbonyl (C=O) groups excluding carboxylic acids is 1. The molecule has 1 amide bonds. The van der Waals surface area contributed by atoms with Crippen molar-refractivity contribution in [3.63, 3.8) is 0 Å². The van der Waals surface area contributed by atoms with E-state index in [4.69, 9.17) is 0 Å². The molecular formula is C25H26N4O. The van der Waals surface area contributed by atoms with E-state index < -0.39 is 0 Å². The Hall–Kier alpha value is -3.52. The molecule has 0 N–H and O–H groups in total. The van der Waals surface area contributed by atoms with Crippen LogP contribution in [-0.4, -0.2) is 41.6 Å². The Kier molecular flexibility index (Phi) is 5.33. The van der Waals surface area contributed by atoms with Gasteiger partial charge in [0.15, 0.2) is 0 Å². The molecule has 5 heteroatoms. The minimum Gasteiger partial charge on any atom is -0.368 e. The molecule has 1 aliphatic heterocycles. The van der Waals surface area contributed by atoms with Crippen molar-refractivity contribution in [2.75, 3.05) is 31.1 Å². The van der Waals surface area contributed by atoms with Crippen LogP contribution in [0.25, 0.3) is 5.69 Å². The molecule has 0 saturated carbocycles. The number of hydrogen-bond donors (Lipinski definition) is 0. The van der Waals surface area contributed by atoms with E-state index in [0.717, 1.165) is 24.3 Å². The smallest absolute Gasteiger partial charge is 0.272 e. The number of benzene rings is 2. The van der Waals surface area contributed by atoms with Gasteiger partial charge in [-0.25, -0.2) is 0 Å². The molecule has 0 aliphatic carbocycles. The van der Waals surface area contributed by atoms with Gasteiger partial charge in [-0.05, 0) is 50.1 Å². The summed E-state index contributed by atoms with van der Waals surface area (Å²) in [6.07, 6.45) is 1.83. The zero-order chi connectivity index (χ0) is 21.3. The molecule has 0 bridgehead atoms. The van der Waals surface area contributed by atoms with Crippen molar-refractivity contribution in [1.29, 1.82) is 5.26 Å². The van der Waals surface area contributed by atoms with Gasteiger partial charge in [0.1, 0.15) is 11.8 Å². The van der Waals surface area contributed by atoms with Crippen molar-refractivity contribution in [3.05, 3.63) is 82.7 Å². The first-order valence-electron chi connectivity index (χ1n) is 10.3. The molecule has 1 aliphatic rings. The Morgan fingerprint density at radius 1 is 0.900 bits per heavy atom. The predicted molar refractivity (Wildman–Crippen MR) is 119 cm³/mol. The molecule has 1 fully saturated rings. The molecule has 0 atom stereocenters. The van der Waals surface area contributed by atoms with Crippen LogP contribution in [0, 0.1) is 32.1 Å². The van der Waals surface area contributed by atoms with Crippen LogP contribution < -0.4 is 4.90 Å². The van der Waals surface area contributed by atoms with Gasteiger partial charge in [-0.3, -0.25) is 4.79 Å². The number of aromatic nitrogens is 1. The quantitative estimate of drug-likeness (QED) is 0.663. The van der Waals surface area contributed by atoms with Crippen molar-refractivity contribution in [2.24, 2.45) is 0 Å². The summed E-state index contributed by atoms with van der Waals surface area (Å²) in [6.45, 7) is 9.03. The molecule has 0 spiro atoms. The Bertz CT molecular complexity index is 1130. The molecule has 2 aromatic carbocycles. The normalized spacial score (nSPS) is 13.9. The van der Waals surface area contributed by atoms with Crippen molar-refractivity contribution >= 4 is 11.6 Å². The van der Waals surface area contributed by atoms with Gasteiger partial charge in [0.05, 0.1) is 5.56 Å². The maximum Gasteiger partial charge on any atom is 0.272 e. The lowest BCUT2D eigenvalue weighted by atomic mass is 10.1. The number of hydrogen-bond acceptors (Lipinski definition) is 3. The minimum absolute atomic E-state index is 0.0824. The standard InChI is InChI=1S/C25H26N4O/c1-18-8-9-23(20(3)16-18)29-11-10-21(17-26)24(29)25(30)28-14-12-27(13-15-28)22-7-5-4-6-19(22)2/h4-11,16H,12-15H2,1-3H3. The first-order valence-corrected chi connectivity index (χ1v) is 10.3. The Labute approximate surface area is 177 Å². The number of carbonyl (C=O) groups is 1. The average Bonchev–Trinajstić information content (AvgIpc) is 3.17. The third-order valence-corrected chi connectivity index (χ3v) is 5.84. The molecule has 5 nitrogen and oxygen atoms in total. The Morgan fingerprint density at radius 3 is 2.30 bits per heavy atom. The van der Waals surface area contributed by atoms with E-state index in [1.54, 1.807) is 6.07 Å². The van der Waals surface area contributed by atoms with Crippen molar-refractivity contribution in [3.8, 4) is 11.8 Å². The predicted octanol–water partition coefficient (Wildman–Crippen LogP) is 4.24. The topological polar surface area (TPSA) is 52.3 Å². The van der Waals surface area contributed by atoms with Gasteiger partial charge in [0, 0.05) is 43.8 Å². The van der Waals surface area contributed by atoms with Crippen LogP contribution in [0.4, 0.5) is 5.69 Å². The second kappa shape index (κ2) is 8.08. The maximum atomic E-state index is 13.5. The van der Waals surface area contributed by atoms with Gasteiger partial charge in [0.2, 0.25) is 0 Å². The fourth-order valence-corrected chi connectivity index (χ4v) is 4.24. The van der Waals surface area contributed by atoms with Crippen molar-refractivity contribution in [1.82, 2.24) is 9.47 Å². The lowest BCUT2D eigenvalue weighted by Gasteiger charge is -2.37. The summed E-state index contributed by atoms with van der Waals surface area (Å²) in [5.74, 6) is -0.0824. The van der Waals surface area contributed by atoms with E-state index in [-0.39, 0.29) is 5.91 Å². The van der Waals surface area contributed by atoms with Crippen LogP contribution in [-0.2, 0) is 0 Å². The number of rotatable bonds is 3. The van der Waals surface area contributed by atoms with E-state index in [1.165, 1.54) is 16.8 Å². The van der Waals surface area contributed by atoms with Gasteiger partial charge in [0.25, 0.3) is 5.91 Å². The minimum atomic E-state index is -0.0824. The highest BCUT2D eigenvalue weighted by atomic mass is 16.2. The molecule has 1 saturated heterocycles. The average molecular weight is 399 g/mol. The van der Waals surface area contributed by atoms with Crippen molar-refractivity contribution in [2.45, 2.75) is 20.8 Å².